The van der Waals surface area contributed by atoms with Crippen molar-refractivity contribution < 1.29 is 9.84 Å². The first-order valence-corrected chi connectivity index (χ1v) is 8.74. The molecule has 0 saturated heterocycles. The molecule has 1 aromatic heterocycles. The number of rotatable bonds is 9. The topological polar surface area (TPSA) is 41.5 Å². The number of nitrogens with one attached hydrogen (secondary N) is 1. The molecule has 0 radical (unpaired) electrons. The fraction of sp³-hybridized carbons (Fsp3) is 0.750. The van der Waals surface area contributed by atoms with Gasteiger partial charge in [-0.3, -0.25) is 0 Å². The standard InChI is InChI=1S/C16H27NO2S/c1-2-6-15(16-9-5-10-20-16)17-11-13(18)12-19-14-7-3-4-8-14/h5,9-10,13-15,17-18H,2-4,6-8,11-12H2,1H3. The maximum absolute atomic E-state index is 10.0. The van der Waals surface area contributed by atoms with Gasteiger partial charge in [0.15, 0.2) is 0 Å². The number of thiophene rings is 1. The molecule has 1 heterocycles. The van der Waals surface area contributed by atoms with Crippen molar-refractivity contribution in [2.45, 2.75) is 63.7 Å². The second-order valence-electron chi connectivity index (χ2n) is 5.66. The Morgan fingerprint density at radius 3 is 2.90 bits per heavy atom. The van der Waals surface area contributed by atoms with Crippen molar-refractivity contribution in [2.24, 2.45) is 0 Å². The van der Waals surface area contributed by atoms with Crippen molar-refractivity contribution in [1.82, 2.24) is 5.32 Å². The zero-order chi connectivity index (χ0) is 14.2. The molecule has 20 heavy (non-hydrogen) atoms. The van der Waals surface area contributed by atoms with Crippen molar-refractivity contribution in [1.29, 1.82) is 0 Å². The van der Waals surface area contributed by atoms with Gasteiger partial charge in [-0.05, 0) is 30.7 Å². The van der Waals surface area contributed by atoms with Crippen LogP contribution in [0.2, 0.25) is 0 Å². The van der Waals surface area contributed by atoms with Crippen molar-refractivity contribution in [3.05, 3.63) is 22.4 Å². The summed E-state index contributed by atoms with van der Waals surface area (Å²) in [7, 11) is 0. The molecule has 1 aliphatic rings. The minimum atomic E-state index is -0.407. The van der Waals surface area contributed by atoms with E-state index in [0.717, 1.165) is 25.7 Å². The van der Waals surface area contributed by atoms with E-state index in [2.05, 4.69) is 29.8 Å². The Morgan fingerprint density at radius 2 is 2.25 bits per heavy atom. The molecule has 0 amide bonds. The lowest BCUT2D eigenvalue weighted by Crippen LogP contribution is -2.33. The zero-order valence-corrected chi connectivity index (χ0v) is 13.2. The number of aliphatic hydroxyl groups excluding tert-OH is 1. The minimum absolute atomic E-state index is 0.362. The highest BCUT2D eigenvalue weighted by Gasteiger charge is 2.18. The predicted molar refractivity (Wildman–Crippen MR) is 84.2 cm³/mol. The van der Waals surface area contributed by atoms with Crippen LogP contribution >= 0.6 is 11.3 Å². The summed E-state index contributed by atoms with van der Waals surface area (Å²) in [5.41, 5.74) is 0. The lowest BCUT2D eigenvalue weighted by atomic mass is 10.1. The SMILES string of the molecule is CCCC(NCC(O)COC1CCCC1)c1cccs1. The summed E-state index contributed by atoms with van der Waals surface area (Å²) in [5.74, 6) is 0. The van der Waals surface area contributed by atoms with Crippen LogP contribution in [0.1, 0.15) is 56.4 Å². The van der Waals surface area contributed by atoms with Crippen LogP contribution in [0.5, 0.6) is 0 Å². The number of hydrogen-bond acceptors (Lipinski definition) is 4. The largest absolute Gasteiger partial charge is 0.389 e. The van der Waals surface area contributed by atoms with Gasteiger partial charge in [0.1, 0.15) is 0 Å². The van der Waals surface area contributed by atoms with Crippen LogP contribution in [-0.4, -0.2) is 30.5 Å². The van der Waals surface area contributed by atoms with E-state index < -0.39 is 6.10 Å². The van der Waals surface area contributed by atoms with E-state index in [-0.39, 0.29) is 0 Å². The summed E-state index contributed by atoms with van der Waals surface area (Å²) in [4.78, 5) is 1.36. The Kier molecular flexibility index (Phi) is 7.00. The molecular formula is C16H27NO2S. The number of hydrogen-bond donors (Lipinski definition) is 2. The lowest BCUT2D eigenvalue weighted by molar-refractivity contribution is -0.00631. The number of aliphatic hydroxyl groups is 1. The van der Waals surface area contributed by atoms with E-state index in [1.807, 2.05) is 0 Å². The Morgan fingerprint density at radius 1 is 1.45 bits per heavy atom. The number of ether oxygens (including phenoxy) is 1. The molecule has 2 N–H and O–H groups in total. The van der Waals surface area contributed by atoms with E-state index in [1.165, 1.54) is 17.7 Å². The van der Waals surface area contributed by atoms with Gasteiger partial charge in [0, 0.05) is 17.5 Å². The van der Waals surface area contributed by atoms with Gasteiger partial charge in [0.25, 0.3) is 0 Å². The first-order valence-electron chi connectivity index (χ1n) is 7.86. The van der Waals surface area contributed by atoms with Gasteiger partial charge in [0.2, 0.25) is 0 Å². The van der Waals surface area contributed by atoms with Crippen molar-refractivity contribution >= 4 is 11.3 Å². The van der Waals surface area contributed by atoms with E-state index in [4.69, 9.17) is 4.74 Å². The average molecular weight is 297 g/mol. The second-order valence-corrected chi connectivity index (χ2v) is 6.64. The maximum atomic E-state index is 10.0. The molecule has 3 nitrogen and oxygen atoms in total. The van der Waals surface area contributed by atoms with Crippen molar-refractivity contribution in [2.75, 3.05) is 13.2 Å². The molecule has 1 fully saturated rings. The third-order valence-electron chi connectivity index (χ3n) is 3.89. The average Bonchev–Trinajstić information content (AvgIpc) is 3.13. The van der Waals surface area contributed by atoms with Gasteiger partial charge in [-0.25, -0.2) is 0 Å². The Hall–Kier alpha value is -0.420. The smallest absolute Gasteiger partial charge is 0.0898 e. The molecule has 0 spiro atoms. The van der Waals surface area contributed by atoms with Gasteiger partial charge < -0.3 is 15.2 Å². The van der Waals surface area contributed by atoms with Gasteiger partial charge in [-0.2, -0.15) is 0 Å². The highest BCUT2D eigenvalue weighted by atomic mass is 32.1. The molecule has 2 rings (SSSR count). The fourth-order valence-electron chi connectivity index (χ4n) is 2.76. The molecule has 2 atom stereocenters. The van der Waals surface area contributed by atoms with Gasteiger partial charge in [-0.1, -0.05) is 32.3 Å². The Bertz CT molecular complexity index is 349. The van der Waals surface area contributed by atoms with Crippen LogP contribution in [0, 0.1) is 0 Å². The summed E-state index contributed by atoms with van der Waals surface area (Å²) in [6.45, 7) is 3.26. The summed E-state index contributed by atoms with van der Waals surface area (Å²) in [5, 5.41) is 15.6. The minimum Gasteiger partial charge on any atom is -0.389 e. The maximum Gasteiger partial charge on any atom is 0.0898 e. The Balaban J connectivity index is 1.68. The van der Waals surface area contributed by atoms with Crippen LogP contribution in [0.25, 0.3) is 0 Å². The third-order valence-corrected chi connectivity index (χ3v) is 4.88. The van der Waals surface area contributed by atoms with Gasteiger partial charge in [0.05, 0.1) is 18.8 Å². The summed E-state index contributed by atoms with van der Waals surface area (Å²) in [6, 6.07) is 4.62. The first kappa shape index (κ1) is 16.0. The lowest BCUT2D eigenvalue weighted by Gasteiger charge is -2.20. The predicted octanol–water partition coefficient (Wildman–Crippen LogP) is 3.50. The van der Waals surface area contributed by atoms with Crippen molar-refractivity contribution in [3.63, 3.8) is 0 Å². The van der Waals surface area contributed by atoms with Crippen LogP contribution < -0.4 is 5.32 Å². The normalized spacial score (nSPS) is 19.3. The van der Waals surface area contributed by atoms with Crippen LogP contribution in [0.4, 0.5) is 0 Å². The molecule has 2 unspecified atom stereocenters. The molecule has 1 aromatic rings. The zero-order valence-electron chi connectivity index (χ0n) is 12.4. The van der Waals surface area contributed by atoms with Gasteiger partial charge >= 0.3 is 0 Å². The van der Waals surface area contributed by atoms with E-state index in [1.54, 1.807) is 11.3 Å². The van der Waals surface area contributed by atoms with E-state index in [0.29, 0.717) is 25.3 Å². The monoisotopic (exact) mass is 297 g/mol. The molecule has 4 heteroatoms. The molecule has 0 aliphatic heterocycles. The molecule has 0 bridgehead atoms. The highest BCUT2D eigenvalue weighted by molar-refractivity contribution is 7.10. The summed E-state index contributed by atoms with van der Waals surface area (Å²) >= 11 is 1.78. The molecular weight excluding hydrogens is 270 g/mol. The van der Waals surface area contributed by atoms with Crippen LogP contribution in [0.3, 0.4) is 0 Å². The first-order chi connectivity index (χ1) is 9.79. The second kappa shape index (κ2) is 8.78. The third kappa shape index (κ3) is 5.17. The fourth-order valence-corrected chi connectivity index (χ4v) is 3.60. The molecule has 1 saturated carbocycles. The van der Waals surface area contributed by atoms with E-state index >= 15 is 0 Å². The highest BCUT2D eigenvalue weighted by Crippen LogP contribution is 2.23. The Labute approximate surface area is 126 Å². The van der Waals surface area contributed by atoms with Crippen LogP contribution in [-0.2, 0) is 4.74 Å². The quantitative estimate of drug-likeness (QED) is 0.733. The summed E-state index contributed by atoms with van der Waals surface area (Å²) < 4.78 is 5.76. The summed E-state index contributed by atoms with van der Waals surface area (Å²) in [6.07, 6.45) is 7.09. The molecule has 1 aliphatic carbocycles. The van der Waals surface area contributed by atoms with Crippen molar-refractivity contribution in [3.8, 4) is 0 Å². The molecule has 114 valence electrons. The molecule has 0 aromatic carbocycles. The van der Waals surface area contributed by atoms with Gasteiger partial charge in [-0.15, -0.1) is 11.3 Å². The van der Waals surface area contributed by atoms with Crippen LogP contribution in [0.15, 0.2) is 17.5 Å². The van der Waals surface area contributed by atoms with E-state index in [9.17, 15) is 5.11 Å².